The van der Waals surface area contributed by atoms with Crippen LogP contribution in [0.25, 0.3) is 11.3 Å². The third-order valence-corrected chi connectivity index (χ3v) is 3.54. The number of aryl methyl sites for hydroxylation is 1. The van der Waals surface area contributed by atoms with E-state index in [2.05, 4.69) is 20.9 Å². The number of aromatic nitrogens is 2. The fourth-order valence-corrected chi connectivity index (χ4v) is 2.33. The molecule has 0 aliphatic carbocycles. The Morgan fingerprint density at radius 3 is 2.78 bits per heavy atom. The maximum absolute atomic E-state index is 5.82. The topological polar surface area (TPSA) is 53.1 Å². The maximum atomic E-state index is 5.82. The molecule has 0 aliphatic heterocycles. The summed E-state index contributed by atoms with van der Waals surface area (Å²) in [6, 6.07) is 5.86. The van der Waals surface area contributed by atoms with Crippen LogP contribution in [0.4, 0.5) is 0 Å². The zero-order valence-electron chi connectivity index (χ0n) is 10.7. The van der Waals surface area contributed by atoms with Crippen molar-refractivity contribution < 1.29 is 4.74 Å². The predicted molar refractivity (Wildman–Crippen MR) is 75.5 cm³/mol. The van der Waals surface area contributed by atoms with Crippen LogP contribution in [0, 0.1) is 6.92 Å². The van der Waals surface area contributed by atoms with Crippen molar-refractivity contribution in [3.05, 3.63) is 34.2 Å². The molecule has 96 valence electrons. The second kappa shape index (κ2) is 5.12. The molecule has 0 radical (unpaired) electrons. The van der Waals surface area contributed by atoms with Crippen LogP contribution in [-0.4, -0.2) is 16.7 Å². The lowest BCUT2D eigenvalue weighted by Gasteiger charge is -2.09. The summed E-state index contributed by atoms with van der Waals surface area (Å²) < 4.78 is 8.39. The zero-order chi connectivity index (χ0) is 13.3. The summed E-state index contributed by atoms with van der Waals surface area (Å²) >= 11 is 3.47. The van der Waals surface area contributed by atoms with Crippen molar-refractivity contribution in [3.8, 4) is 17.0 Å². The van der Waals surface area contributed by atoms with Crippen LogP contribution in [0.5, 0.6) is 5.75 Å². The van der Waals surface area contributed by atoms with Crippen LogP contribution >= 0.6 is 15.9 Å². The summed E-state index contributed by atoms with van der Waals surface area (Å²) in [6.07, 6.45) is 0. The summed E-state index contributed by atoms with van der Waals surface area (Å²) in [7, 11) is 3.63. The molecule has 0 amide bonds. The van der Waals surface area contributed by atoms with E-state index in [1.54, 1.807) is 7.11 Å². The monoisotopic (exact) mass is 309 g/mol. The summed E-state index contributed by atoms with van der Waals surface area (Å²) in [5, 5.41) is 0. The van der Waals surface area contributed by atoms with Crippen molar-refractivity contribution >= 4 is 15.9 Å². The highest BCUT2D eigenvalue weighted by molar-refractivity contribution is 9.10. The van der Waals surface area contributed by atoms with Gasteiger partial charge in [-0.2, -0.15) is 0 Å². The van der Waals surface area contributed by atoms with Crippen LogP contribution in [0.3, 0.4) is 0 Å². The van der Waals surface area contributed by atoms with Crippen molar-refractivity contribution in [2.24, 2.45) is 12.8 Å². The smallest absolute Gasteiger partial charge is 0.128 e. The second-order valence-electron chi connectivity index (χ2n) is 4.06. The van der Waals surface area contributed by atoms with E-state index in [0.29, 0.717) is 6.54 Å². The Bertz CT molecular complexity index is 578. The third kappa shape index (κ3) is 2.15. The van der Waals surface area contributed by atoms with Gasteiger partial charge in [-0.1, -0.05) is 15.9 Å². The molecule has 2 rings (SSSR count). The molecule has 0 fully saturated rings. The minimum absolute atomic E-state index is 0.447. The Hall–Kier alpha value is -1.33. The predicted octanol–water partition coefficient (Wildman–Crippen LogP) is 2.63. The van der Waals surface area contributed by atoms with Gasteiger partial charge in [-0.15, -0.1) is 0 Å². The Morgan fingerprint density at radius 1 is 1.44 bits per heavy atom. The highest BCUT2D eigenvalue weighted by atomic mass is 79.9. The number of rotatable bonds is 3. The van der Waals surface area contributed by atoms with Crippen LogP contribution in [0.15, 0.2) is 22.7 Å². The van der Waals surface area contributed by atoms with Gasteiger partial charge in [0.15, 0.2) is 0 Å². The molecule has 2 N–H and O–H groups in total. The molecule has 0 spiro atoms. The van der Waals surface area contributed by atoms with E-state index >= 15 is 0 Å². The van der Waals surface area contributed by atoms with Gasteiger partial charge in [-0.25, -0.2) is 4.98 Å². The average molecular weight is 310 g/mol. The summed E-state index contributed by atoms with van der Waals surface area (Å²) in [5.41, 5.74) is 8.66. The van der Waals surface area contributed by atoms with Gasteiger partial charge in [0, 0.05) is 23.6 Å². The Kier molecular flexibility index (Phi) is 3.73. The lowest BCUT2D eigenvalue weighted by molar-refractivity contribution is 0.416. The molecule has 4 nitrogen and oxygen atoms in total. The summed E-state index contributed by atoms with van der Waals surface area (Å²) in [4.78, 5) is 4.58. The number of ether oxygens (including phenoxy) is 1. The van der Waals surface area contributed by atoms with Crippen LogP contribution in [-0.2, 0) is 13.6 Å². The fraction of sp³-hybridized carbons (Fsp3) is 0.308. The first kappa shape index (κ1) is 13.1. The Morgan fingerprint density at radius 2 is 2.17 bits per heavy atom. The third-order valence-electron chi connectivity index (χ3n) is 3.05. The van der Waals surface area contributed by atoms with Crippen LogP contribution in [0.2, 0.25) is 0 Å². The number of benzene rings is 1. The number of nitrogens with zero attached hydrogens (tertiary/aromatic N) is 2. The van der Waals surface area contributed by atoms with E-state index in [0.717, 1.165) is 33.0 Å². The molecular weight excluding hydrogens is 294 g/mol. The number of nitrogens with two attached hydrogens (primary N) is 1. The van der Waals surface area contributed by atoms with Crippen molar-refractivity contribution in [2.45, 2.75) is 13.5 Å². The van der Waals surface area contributed by atoms with E-state index in [1.807, 2.05) is 36.7 Å². The molecule has 1 aromatic heterocycles. The number of hydrogen-bond acceptors (Lipinski definition) is 3. The highest BCUT2D eigenvalue weighted by Gasteiger charge is 2.16. The molecule has 1 heterocycles. The molecule has 0 saturated carbocycles. The van der Waals surface area contributed by atoms with Gasteiger partial charge in [0.25, 0.3) is 0 Å². The summed E-state index contributed by atoms with van der Waals surface area (Å²) in [5.74, 6) is 1.73. The molecule has 0 aliphatic rings. The Balaban J connectivity index is 2.68. The minimum Gasteiger partial charge on any atom is -0.496 e. The van der Waals surface area contributed by atoms with Gasteiger partial charge in [-0.05, 0) is 25.1 Å². The lowest BCUT2D eigenvalue weighted by atomic mass is 10.1. The van der Waals surface area contributed by atoms with Crippen molar-refractivity contribution in [1.82, 2.24) is 9.55 Å². The van der Waals surface area contributed by atoms with Gasteiger partial charge in [0.1, 0.15) is 11.6 Å². The largest absolute Gasteiger partial charge is 0.496 e. The maximum Gasteiger partial charge on any atom is 0.128 e. The minimum atomic E-state index is 0.447. The Labute approximate surface area is 115 Å². The van der Waals surface area contributed by atoms with Crippen LogP contribution < -0.4 is 10.5 Å². The van der Waals surface area contributed by atoms with Gasteiger partial charge >= 0.3 is 0 Å². The number of imidazole rings is 1. The first-order chi connectivity index (χ1) is 8.58. The molecule has 5 heteroatoms. The van der Waals surface area contributed by atoms with Crippen molar-refractivity contribution in [1.29, 1.82) is 0 Å². The molecule has 0 unspecified atom stereocenters. The van der Waals surface area contributed by atoms with E-state index in [9.17, 15) is 0 Å². The van der Waals surface area contributed by atoms with Gasteiger partial charge in [0.2, 0.25) is 0 Å². The van der Waals surface area contributed by atoms with E-state index in [-0.39, 0.29) is 0 Å². The van der Waals surface area contributed by atoms with Gasteiger partial charge < -0.3 is 15.0 Å². The zero-order valence-corrected chi connectivity index (χ0v) is 12.3. The number of halogens is 1. The molecule has 0 saturated heterocycles. The molecule has 2 aromatic rings. The molecule has 1 aromatic carbocycles. The number of methoxy groups -OCH3 is 1. The molecule has 0 bridgehead atoms. The van der Waals surface area contributed by atoms with Crippen molar-refractivity contribution in [3.63, 3.8) is 0 Å². The quantitative estimate of drug-likeness (QED) is 0.948. The fourth-order valence-electron chi connectivity index (χ4n) is 1.97. The average Bonchev–Trinajstić information content (AvgIpc) is 2.65. The molecule has 18 heavy (non-hydrogen) atoms. The summed E-state index contributed by atoms with van der Waals surface area (Å²) in [6.45, 7) is 2.41. The lowest BCUT2D eigenvalue weighted by Crippen LogP contribution is -2.05. The van der Waals surface area contributed by atoms with Gasteiger partial charge in [-0.3, -0.25) is 0 Å². The van der Waals surface area contributed by atoms with E-state index < -0.39 is 0 Å². The highest BCUT2D eigenvalue weighted by Crippen LogP contribution is 2.34. The standard InChI is InChI=1S/C13H16BrN3O/c1-8-16-13(11(7-15)17(8)2)10-6-9(14)4-5-12(10)18-3/h4-6H,7,15H2,1-3H3. The number of hydrogen-bond donors (Lipinski definition) is 1. The first-order valence-electron chi connectivity index (χ1n) is 5.64. The normalized spacial score (nSPS) is 10.7. The van der Waals surface area contributed by atoms with Gasteiger partial charge in [0.05, 0.1) is 18.5 Å². The molecular formula is C13H16BrN3O. The molecule has 0 atom stereocenters. The van der Waals surface area contributed by atoms with Crippen molar-refractivity contribution in [2.75, 3.05) is 7.11 Å². The SMILES string of the molecule is COc1ccc(Br)cc1-c1nc(C)n(C)c1CN. The van der Waals surface area contributed by atoms with Crippen LogP contribution in [0.1, 0.15) is 11.5 Å². The first-order valence-corrected chi connectivity index (χ1v) is 6.44. The second-order valence-corrected chi connectivity index (χ2v) is 4.98. The van der Waals surface area contributed by atoms with E-state index in [1.165, 1.54) is 0 Å². The van der Waals surface area contributed by atoms with E-state index in [4.69, 9.17) is 10.5 Å².